The van der Waals surface area contributed by atoms with Crippen LogP contribution >= 0.6 is 0 Å². The predicted octanol–water partition coefficient (Wildman–Crippen LogP) is 2.51. The summed E-state index contributed by atoms with van der Waals surface area (Å²) in [6.45, 7) is 6.19. The molecule has 0 spiro atoms. The zero-order valence-electron chi connectivity index (χ0n) is 11.4. The van der Waals surface area contributed by atoms with Crippen LogP contribution in [0.2, 0.25) is 0 Å². The summed E-state index contributed by atoms with van der Waals surface area (Å²) >= 11 is 0. The van der Waals surface area contributed by atoms with E-state index in [1.165, 1.54) is 32.1 Å². The third kappa shape index (κ3) is 4.25. The molecular weight excluding hydrogens is 234 g/mol. The summed E-state index contributed by atoms with van der Waals surface area (Å²) in [7, 11) is -2.95. The fourth-order valence-electron chi connectivity index (χ4n) is 2.38. The lowest BCUT2D eigenvalue weighted by Crippen LogP contribution is -2.41. The minimum atomic E-state index is -2.95. The van der Waals surface area contributed by atoms with Crippen LogP contribution in [0.25, 0.3) is 0 Å². The van der Waals surface area contributed by atoms with Crippen molar-refractivity contribution in [3.8, 4) is 0 Å². The van der Waals surface area contributed by atoms with Crippen LogP contribution in [0.1, 0.15) is 59.3 Å². The van der Waals surface area contributed by atoms with Crippen molar-refractivity contribution in [3.63, 3.8) is 0 Å². The number of sulfone groups is 1. The van der Waals surface area contributed by atoms with Crippen LogP contribution in [0.15, 0.2) is 0 Å². The van der Waals surface area contributed by atoms with Gasteiger partial charge in [-0.3, -0.25) is 0 Å². The largest absolute Gasteiger partial charge is 0.313 e. The molecule has 1 rings (SSSR count). The van der Waals surface area contributed by atoms with Crippen molar-refractivity contribution in [1.29, 1.82) is 0 Å². The average Bonchev–Trinajstić information content (AvgIpc) is 2.35. The summed E-state index contributed by atoms with van der Waals surface area (Å²) in [5.74, 6) is 0. The van der Waals surface area contributed by atoms with Gasteiger partial charge in [-0.15, -0.1) is 0 Å². The molecule has 3 nitrogen and oxygen atoms in total. The van der Waals surface area contributed by atoms with Crippen LogP contribution in [0.3, 0.4) is 0 Å². The van der Waals surface area contributed by atoms with E-state index in [0.29, 0.717) is 19.0 Å². The normalized spacial score (nSPS) is 22.3. The first-order valence-electron chi connectivity index (χ1n) is 6.94. The Morgan fingerprint density at radius 1 is 1.12 bits per heavy atom. The van der Waals surface area contributed by atoms with Gasteiger partial charge in [-0.1, -0.05) is 26.2 Å². The second kappa shape index (κ2) is 6.74. The van der Waals surface area contributed by atoms with E-state index in [9.17, 15) is 8.42 Å². The van der Waals surface area contributed by atoms with Gasteiger partial charge in [0.25, 0.3) is 0 Å². The highest BCUT2D eigenvalue weighted by molar-refractivity contribution is 7.92. The zero-order valence-corrected chi connectivity index (χ0v) is 12.2. The van der Waals surface area contributed by atoms with Crippen molar-refractivity contribution in [1.82, 2.24) is 5.32 Å². The van der Waals surface area contributed by atoms with Gasteiger partial charge in [0.05, 0.1) is 10.5 Å². The molecule has 1 fully saturated rings. The lowest BCUT2D eigenvalue weighted by Gasteiger charge is -2.25. The van der Waals surface area contributed by atoms with Crippen LogP contribution in [0.5, 0.6) is 0 Å². The van der Waals surface area contributed by atoms with Gasteiger partial charge in [0.1, 0.15) is 0 Å². The highest BCUT2D eigenvalue weighted by atomic mass is 32.2. The van der Waals surface area contributed by atoms with Crippen molar-refractivity contribution < 1.29 is 8.42 Å². The van der Waals surface area contributed by atoms with E-state index >= 15 is 0 Å². The van der Waals surface area contributed by atoms with Crippen LogP contribution < -0.4 is 5.32 Å². The lowest BCUT2D eigenvalue weighted by molar-refractivity contribution is 0.374. The second-order valence-electron chi connectivity index (χ2n) is 5.36. The number of hydrogen-bond acceptors (Lipinski definition) is 3. The molecular formula is C13H27NO2S. The fraction of sp³-hybridized carbons (Fsp3) is 1.00. The Hall–Kier alpha value is -0.0900. The molecule has 0 bridgehead atoms. The molecule has 0 saturated heterocycles. The van der Waals surface area contributed by atoms with Crippen molar-refractivity contribution in [2.75, 3.05) is 6.54 Å². The SMILES string of the molecule is CCC(C)S(=O)(=O)C(C)CNC1CCCCC1. The molecule has 0 aliphatic heterocycles. The Balaban J connectivity index is 2.40. The standard InChI is InChI=1S/C13H27NO2S/c1-4-11(2)17(15,16)12(3)10-14-13-8-6-5-7-9-13/h11-14H,4-10H2,1-3H3. The zero-order chi connectivity index (χ0) is 12.9. The minimum absolute atomic E-state index is 0.217. The fourth-order valence-corrected chi connectivity index (χ4v) is 3.97. The smallest absolute Gasteiger partial charge is 0.156 e. The maximum atomic E-state index is 12.1. The molecule has 0 aromatic rings. The predicted molar refractivity (Wildman–Crippen MR) is 73.0 cm³/mol. The summed E-state index contributed by atoms with van der Waals surface area (Å²) in [6, 6.07) is 0.540. The Morgan fingerprint density at radius 3 is 2.24 bits per heavy atom. The third-order valence-corrected chi connectivity index (χ3v) is 6.74. The first-order valence-corrected chi connectivity index (χ1v) is 8.55. The average molecular weight is 261 g/mol. The van der Waals surface area contributed by atoms with E-state index in [2.05, 4.69) is 5.32 Å². The van der Waals surface area contributed by atoms with Gasteiger partial charge in [-0.05, 0) is 33.1 Å². The first-order chi connectivity index (χ1) is 7.98. The van der Waals surface area contributed by atoms with E-state index in [-0.39, 0.29) is 10.5 Å². The third-order valence-electron chi connectivity index (χ3n) is 4.00. The monoisotopic (exact) mass is 261 g/mol. The van der Waals surface area contributed by atoms with E-state index in [1.54, 1.807) is 0 Å². The molecule has 0 radical (unpaired) electrons. The Labute approximate surface area is 106 Å². The number of rotatable bonds is 6. The molecule has 2 unspecified atom stereocenters. The van der Waals surface area contributed by atoms with Crippen LogP contribution in [-0.4, -0.2) is 31.5 Å². The molecule has 1 aliphatic rings. The molecule has 4 heteroatoms. The topological polar surface area (TPSA) is 46.2 Å². The molecule has 1 saturated carbocycles. The van der Waals surface area contributed by atoms with Crippen molar-refractivity contribution in [3.05, 3.63) is 0 Å². The second-order valence-corrected chi connectivity index (χ2v) is 8.15. The molecule has 0 aromatic heterocycles. The van der Waals surface area contributed by atoms with Crippen molar-refractivity contribution >= 4 is 9.84 Å². The molecule has 2 atom stereocenters. The quantitative estimate of drug-likeness (QED) is 0.799. The van der Waals surface area contributed by atoms with E-state index in [0.717, 1.165) is 0 Å². The maximum absolute atomic E-state index is 12.1. The summed E-state index contributed by atoms with van der Waals surface area (Å²) in [5, 5.41) is 2.95. The van der Waals surface area contributed by atoms with E-state index < -0.39 is 9.84 Å². The van der Waals surface area contributed by atoms with Gasteiger partial charge in [0.15, 0.2) is 9.84 Å². The summed E-state index contributed by atoms with van der Waals surface area (Å²) in [4.78, 5) is 0. The van der Waals surface area contributed by atoms with Gasteiger partial charge in [0, 0.05) is 12.6 Å². The van der Waals surface area contributed by atoms with E-state index in [1.807, 2.05) is 20.8 Å². The molecule has 0 aromatic carbocycles. The van der Waals surface area contributed by atoms with Crippen LogP contribution in [0, 0.1) is 0 Å². The van der Waals surface area contributed by atoms with Gasteiger partial charge in [0.2, 0.25) is 0 Å². The van der Waals surface area contributed by atoms with Gasteiger partial charge >= 0.3 is 0 Å². The summed E-state index contributed by atoms with van der Waals surface area (Å²) in [6.07, 6.45) is 7.01. The van der Waals surface area contributed by atoms with Crippen LogP contribution in [-0.2, 0) is 9.84 Å². The van der Waals surface area contributed by atoms with Gasteiger partial charge in [-0.25, -0.2) is 8.42 Å². The highest BCUT2D eigenvalue weighted by Gasteiger charge is 2.27. The first kappa shape index (κ1) is 15.0. The molecule has 102 valence electrons. The van der Waals surface area contributed by atoms with E-state index in [4.69, 9.17) is 0 Å². The van der Waals surface area contributed by atoms with Crippen LogP contribution in [0.4, 0.5) is 0 Å². The maximum Gasteiger partial charge on any atom is 0.156 e. The Kier molecular flexibility index (Phi) is 5.93. The Bertz CT molecular complexity index is 307. The molecule has 0 heterocycles. The van der Waals surface area contributed by atoms with Gasteiger partial charge < -0.3 is 5.32 Å². The number of nitrogens with one attached hydrogen (secondary N) is 1. The summed E-state index contributed by atoms with van der Waals surface area (Å²) in [5.41, 5.74) is 0. The molecule has 17 heavy (non-hydrogen) atoms. The molecule has 0 amide bonds. The minimum Gasteiger partial charge on any atom is -0.313 e. The van der Waals surface area contributed by atoms with Gasteiger partial charge in [-0.2, -0.15) is 0 Å². The number of hydrogen-bond donors (Lipinski definition) is 1. The lowest BCUT2D eigenvalue weighted by atomic mass is 9.95. The van der Waals surface area contributed by atoms with Crippen molar-refractivity contribution in [2.45, 2.75) is 75.8 Å². The highest BCUT2D eigenvalue weighted by Crippen LogP contribution is 2.18. The van der Waals surface area contributed by atoms with Crippen molar-refractivity contribution in [2.24, 2.45) is 0 Å². The Morgan fingerprint density at radius 2 is 1.71 bits per heavy atom. The molecule has 1 N–H and O–H groups in total. The molecule has 1 aliphatic carbocycles. The summed E-state index contributed by atoms with van der Waals surface area (Å²) < 4.78 is 24.2.